The Morgan fingerprint density at radius 2 is 1.57 bits per heavy atom. The third-order valence-electron chi connectivity index (χ3n) is 4.50. The van der Waals surface area contributed by atoms with Gasteiger partial charge in [-0.3, -0.25) is 4.79 Å². The van der Waals surface area contributed by atoms with E-state index >= 15 is 0 Å². The van der Waals surface area contributed by atoms with Crippen LogP contribution in [0.5, 0.6) is 5.75 Å². The number of anilines is 1. The van der Waals surface area contributed by atoms with Gasteiger partial charge in [-0.1, -0.05) is 66.7 Å². The van der Waals surface area contributed by atoms with Crippen LogP contribution < -0.4 is 9.75 Å². The lowest BCUT2D eigenvalue weighted by Gasteiger charge is -2.11. The molecule has 0 fully saturated rings. The van der Waals surface area contributed by atoms with Crippen molar-refractivity contribution >= 4 is 29.4 Å². The van der Waals surface area contributed by atoms with Crippen molar-refractivity contribution in [1.82, 2.24) is 0 Å². The van der Waals surface area contributed by atoms with Crippen LogP contribution in [0.15, 0.2) is 95.6 Å². The molecule has 0 aliphatic carbocycles. The van der Waals surface area contributed by atoms with E-state index in [1.165, 1.54) is 5.01 Å². The maximum Gasteiger partial charge on any atom is 0.341 e. The van der Waals surface area contributed by atoms with Gasteiger partial charge in [0.2, 0.25) is 0 Å². The second-order valence-electron chi connectivity index (χ2n) is 6.55. The van der Waals surface area contributed by atoms with Gasteiger partial charge in [-0.05, 0) is 24.3 Å². The third kappa shape index (κ3) is 3.98. The minimum atomic E-state index is -1.07. The normalized spacial score (nSPS) is 14.7. The fourth-order valence-corrected chi connectivity index (χ4v) is 3.12. The Labute approximate surface area is 173 Å². The molecule has 4 rings (SSSR count). The van der Waals surface area contributed by atoms with Crippen molar-refractivity contribution in [3.63, 3.8) is 0 Å². The molecule has 6 nitrogen and oxygen atoms in total. The Bertz CT molecular complexity index is 1140. The minimum Gasteiger partial charge on any atom is -0.481 e. The SMILES string of the molecule is O=C(O)COc1ccccc1/C=C1\C(=O)N(c2ccccc2)N=C1c1ccccc1. The highest BCUT2D eigenvalue weighted by atomic mass is 16.5. The molecule has 148 valence electrons. The number of nitrogens with zero attached hydrogens (tertiary/aromatic N) is 2. The smallest absolute Gasteiger partial charge is 0.341 e. The first-order valence-electron chi connectivity index (χ1n) is 9.33. The van der Waals surface area contributed by atoms with Crippen LogP contribution in [0.3, 0.4) is 0 Å². The van der Waals surface area contributed by atoms with Crippen molar-refractivity contribution in [3.05, 3.63) is 102 Å². The predicted molar refractivity (Wildman–Crippen MR) is 114 cm³/mol. The van der Waals surface area contributed by atoms with E-state index in [0.29, 0.717) is 28.3 Å². The largest absolute Gasteiger partial charge is 0.481 e. The molecule has 30 heavy (non-hydrogen) atoms. The summed E-state index contributed by atoms with van der Waals surface area (Å²) < 4.78 is 5.39. The molecule has 0 saturated heterocycles. The van der Waals surface area contributed by atoms with E-state index < -0.39 is 12.6 Å². The van der Waals surface area contributed by atoms with Gasteiger partial charge in [0.15, 0.2) is 6.61 Å². The molecule has 3 aromatic rings. The molecule has 1 amide bonds. The molecule has 0 unspecified atom stereocenters. The number of hydrogen-bond acceptors (Lipinski definition) is 4. The number of carboxylic acids is 1. The summed E-state index contributed by atoms with van der Waals surface area (Å²) in [4.78, 5) is 24.2. The molecular weight excluding hydrogens is 380 g/mol. The summed E-state index contributed by atoms with van der Waals surface area (Å²) in [7, 11) is 0. The van der Waals surface area contributed by atoms with Gasteiger partial charge >= 0.3 is 5.97 Å². The highest BCUT2D eigenvalue weighted by Gasteiger charge is 2.32. The number of carbonyl (C=O) groups is 2. The highest BCUT2D eigenvalue weighted by Crippen LogP contribution is 2.29. The molecule has 6 heteroatoms. The summed E-state index contributed by atoms with van der Waals surface area (Å²) >= 11 is 0. The molecule has 0 bridgehead atoms. The zero-order valence-corrected chi connectivity index (χ0v) is 15.9. The van der Waals surface area contributed by atoms with Crippen molar-refractivity contribution in [2.75, 3.05) is 11.6 Å². The third-order valence-corrected chi connectivity index (χ3v) is 4.50. The molecule has 0 spiro atoms. The molecule has 0 atom stereocenters. The standard InChI is InChI=1S/C24H18N2O4/c27-22(28)16-30-21-14-8-7-11-18(21)15-20-23(17-9-3-1-4-10-17)25-26(24(20)29)19-12-5-2-6-13-19/h1-15H,16H2,(H,27,28)/b20-15-. The number of aliphatic carboxylic acids is 1. The molecule has 0 radical (unpaired) electrons. The number of ether oxygens (including phenoxy) is 1. The van der Waals surface area contributed by atoms with Gasteiger partial charge in [-0.25, -0.2) is 4.79 Å². The van der Waals surface area contributed by atoms with Crippen LogP contribution in [0.1, 0.15) is 11.1 Å². The molecule has 1 heterocycles. The summed E-state index contributed by atoms with van der Waals surface area (Å²) in [5.74, 6) is -0.963. The van der Waals surface area contributed by atoms with Crippen molar-refractivity contribution < 1.29 is 19.4 Å². The van der Waals surface area contributed by atoms with Gasteiger partial charge in [0.05, 0.1) is 11.3 Å². The number of hydrogen-bond donors (Lipinski definition) is 1. The van der Waals surface area contributed by atoms with E-state index in [1.54, 1.807) is 30.3 Å². The summed E-state index contributed by atoms with van der Waals surface area (Å²) in [5.41, 5.74) is 3.00. The molecule has 0 aromatic heterocycles. The minimum absolute atomic E-state index is 0.270. The predicted octanol–water partition coefficient (Wildman–Crippen LogP) is 3.98. The first-order chi connectivity index (χ1) is 14.6. The van der Waals surface area contributed by atoms with E-state index in [-0.39, 0.29) is 5.91 Å². The second kappa shape index (κ2) is 8.45. The molecule has 1 aliphatic heterocycles. The lowest BCUT2D eigenvalue weighted by Crippen LogP contribution is -2.21. The average molecular weight is 398 g/mol. The van der Waals surface area contributed by atoms with Crippen LogP contribution in [0.25, 0.3) is 6.08 Å². The number of benzene rings is 3. The zero-order chi connectivity index (χ0) is 20.9. The molecule has 1 N–H and O–H groups in total. The Hall–Kier alpha value is -4.19. The number of amides is 1. The monoisotopic (exact) mass is 398 g/mol. The van der Waals surface area contributed by atoms with Crippen LogP contribution >= 0.6 is 0 Å². The first kappa shape index (κ1) is 19.1. The van der Waals surface area contributed by atoms with E-state index in [4.69, 9.17) is 9.84 Å². The van der Waals surface area contributed by atoms with Gasteiger partial charge < -0.3 is 9.84 Å². The number of carboxylic acid groups (broad SMARTS) is 1. The fourth-order valence-electron chi connectivity index (χ4n) is 3.12. The van der Waals surface area contributed by atoms with E-state index in [2.05, 4.69) is 5.10 Å². The zero-order valence-electron chi connectivity index (χ0n) is 15.9. The van der Waals surface area contributed by atoms with Gasteiger partial charge in [-0.15, -0.1) is 0 Å². The number of rotatable bonds is 6. The van der Waals surface area contributed by atoms with Crippen LogP contribution in [0.2, 0.25) is 0 Å². The summed E-state index contributed by atoms with van der Waals surface area (Å²) in [5, 5.41) is 14.9. The van der Waals surface area contributed by atoms with Crippen LogP contribution in [0, 0.1) is 0 Å². The Kier molecular flexibility index (Phi) is 5.39. The summed E-state index contributed by atoms with van der Waals surface area (Å²) in [6.45, 7) is -0.468. The lowest BCUT2D eigenvalue weighted by molar-refractivity contribution is -0.139. The number of para-hydroxylation sites is 2. The van der Waals surface area contributed by atoms with Gasteiger partial charge in [0.25, 0.3) is 5.91 Å². The lowest BCUT2D eigenvalue weighted by atomic mass is 10.00. The fraction of sp³-hybridized carbons (Fsp3) is 0.0417. The van der Waals surface area contributed by atoms with Crippen LogP contribution in [0.4, 0.5) is 5.69 Å². The number of carbonyl (C=O) groups excluding carboxylic acids is 1. The summed E-state index contributed by atoms with van der Waals surface area (Å²) in [6.07, 6.45) is 1.69. The van der Waals surface area contributed by atoms with Crippen LogP contribution in [-0.2, 0) is 9.59 Å². The maximum absolute atomic E-state index is 13.3. The van der Waals surface area contributed by atoms with Crippen molar-refractivity contribution in [2.24, 2.45) is 5.10 Å². The Morgan fingerprint density at radius 1 is 0.933 bits per heavy atom. The average Bonchev–Trinajstić information content (AvgIpc) is 3.10. The quantitative estimate of drug-likeness (QED) is 0.637. The van der Waals surface area contributed by atoms with E-state index in [0.717, 1.165) is 5.56 Å². The first-order valence-corrected chi connectivity index (χ1v) is 9.33. The molecular formula is C24H18N2O4. The molecule has 1 aliphatic rings. The number of hydrazone groups is 1. The van der Waals surface area contributed by atoms with Crippen molar-refractivity contribution in [3.8, 4) is 5.75 Å². The van der Waals surface area contributed by atoms with Crippen LogP contribution in [-0.4, -0.2) is 29.3 Å². The molecule has 3 aromatic carbocycles. The molecule has 0 saturated carbocycles. The topological polar surface area (TPSA) is 79.2 Å². The maximum atomic E-state index is 13.3. The van der Waals surface area contributed by atoms with E-state index in [1.807, 2.05) is 60.7 Å². The summed E-state index contributed by atoms with van der Waals surface area (Å²) in [6, 6.07) is 25.6. The van der Waals surface area contributed by atoms with Crippen molar-refractivity contribution in [2.45, 2.75) is 0 Å². The van der Waals surface area contributed by atoms with Crippen molar-refractivity contribution in [1.29, 1.82) is 0 Å². The van der Waals surface area contributed by atoms with Gasteiger partial charge in [0, 0.05) is 11.1 Å². The highest BCUT2D eigenvalue weighted by molar-refractivity contribution is 6.37. The Morgan fingerprint density at radius 3 is 2.27 bits per heavy atom. The van der Waals surface area contributed by atoms with E-state index in [9.17, 15) is 9.59 Å². The van der Waals surface area contributed by atoms with Gasteiger partial charge in [-0.2, -0.15) is 10.1 Å². The Balaban J connectivity index is 1.79. The van der Waals surface area contributed by atoms with Gasteiger partial charge in [0.1, 0.15) is 11.5 Å². The second-order valence-corrected chi connectivity index (χ2v) is 6.55.